The maximum Gasteiger partial charge on any atom is 0.242 e. The molecule has 0 bridgehead atoms. The number of anilines is 1. The maximum atomic E-state index is 13.3. The Hall–Kier alpha value is -2.58. The van der Waals surface area contributed by atoms with E-state index in [9.17, 15) is 18.0 Å². The van der Waals surface area contributed by atoms with Gasteiger partial charge in [0.25, 0.3) is 0 Å². The summed E-state index contributed by atoms with van der Waals surface area (Å²) in [5, 5.41) is 3.37. The first-order chi connectivity index (χ1) is 15.9. The van der Waals surface area contributed by atoms with Crippen LogP contribution in [0.4, 0.5) is 5.69 Å². The quantitative estimate of drug-likeness (QED) is 0.495. The number of carbonyl (C=O) groups excluding carboxylic acids is 2. The Morgan fingerprint density at radius 3 is 2.21 bits per heavy atom. The van der Waals surface area contributed by atoms with Crippen LogP contribution in [-0.4, -0.2) is 50.0 Å². The standard InChI is InChI=1S/C25H34ClN3O4S/c1-18(2)27-25(31)20(4)28(17-21-10-7-6-9-19(21)3)24(30)11-8-16-29(34(5,32)33)23-14-12-22(26)13-15-23/h6-7,9-10,12-15,18,20H,8,11,16-17H2,1-5H3,(H,27,31)/t20-/m0/s1. The number of benzene rings is 2. The average molecular weight is 508 g/mol. The van der Waals surface area contributed by atoms with Gasteiger partial charge in [-0.15, -0.1) is 0 Å². The molecule has 0 aromatic heterocycles. The average Bonchev–Trinajstić information content (AvgIpc) is 2.75. The summed E-state index contributed by atoms with van der Waals surface area (Å²) in [4.78, 5) is 27.5. The third-order valence-corrected chi connectivity index (χ3v) is 6.91. The van der Waals surface area contributed by atoms with Crippen molar-refractivity contribution >= 4 is 39.1 Å². The molecule has 0 radical (unpaired) electrons. The van der Waals surface area contributed by atoms with E-state index in [0.717, 1.165) is 17.4 Å². The molecule has 0 aliphatic carbocycles. The van der Waals surface area contributed by atoms with Crippen LogP contribution >= 0.6 is 11.6 Å². The van der Waals surface area contributed by atoms with Crippen LogP contribution in [0.5, 0.6) is 0 Å². The smallest absolute Gasteiger partial charge is 0.242 e. The van der Waals surface area contributed by atoms with Gasteiger partial charge in [0.15, 0.2) is 0 Å². The lowest BCUT2D eigenvalue weighted by Crippen LogP contribution is -2.49. The first kappa shape index (κ1) is 27.7. The van der Waals surface area contributed by atoms with Gasteiger partial charge in [-0.3, -0.25) is 13.9 Å². The molecular weight excluding hydrogens is 474 g/mol. The van der Waals surface area contributed by atoms with Crippen LogP contribution < -0.4 is 9.62 Å². The number of carbonyl (C=O) groups is 2. The number of aryl methyl sites for hydroxylation is 1. The molecule has 0 spiro atoms. The number of hydrogen-bond donors (Lipinski definition) is 1. The van der Waals surface area contributed by atoms with Gasteiger partial charge in [-0.05, 0) is 69.5 Å². The van der Waals surface area contributed by atoms with E-state index in [0.29, 0.717) is 23.7 Å². The zero-order valence-corrected chi connectivity index (χ0v) is 22.0. The highest BCUT2D eigenvalue weighted by Crippen LogP contribution is 2.21. The summed E-state index contributed by atoms with van der Waals surface area (Å²) in [5.74, 6) is -0.435. The molecule has 0 aliphatic rings. The van der Waals surface area contributed by atoms with Crippen molar-refractivity contribution in [1.82, 2.24) is 10.2 Å². The van der Waals surface area contributed by atoms with Gasteiger partial charge >= 0.3 is 0 Å². The summed E-state index contributed by atoms with van der Waals surface area (Å²) in [6.45, 7) is 7.85. The van der Waals surface area contributed by atoms with Crippen molar-refractivity contribution < 1.29 is 18.0 Å². The van der Waals surface area contributed by atoms with Gasteiger partial charge in [0.2, 0.25) is 21.8 Å². The molecule has 2 aromatic carbocycles. The lowest BCUT2D eigenvalue weighted by molar-refractivity contribution is -0.140. The van der Waals surface area contributed by atoms with E-state index in [1.54, 1.807) is 36.1 Å². The fourth-order valence-electron chi connectivity index (χ4n) is 3.57. The van der Waals surface area contributed by atoms with Crippen LogP contribution in [0.15, 0.2) is 48.5 Å². The molecular formula is C25H34ClN3O4S. The van der Waals surface area contributed by atoms with E-state index in [-0.39, 0.29) is 30.8 Å². The Kier molecular flexibility index (Phi) is 9.94. The lowest BCUT2D eigenvalue weighted by atomic mass is 10.1. The van der Waals surface area contributed by atoms with Gasteiger partial charge in [0.05, 0.1) is 11.9 Å². The van der Waals surface area contributed by atoms with Crippen LogP contribution in [-0.2, 0) is 26.2 Å². The molecule has 9 heteroatoms. The minimum Gasteiger partial charge on any atom is -0.352 e. The number of rotatable bonds is 11. The highest BCUT2D eigenvalue weighted by molar-refractivity contribution is 7.92. The van der Waals surface area contributed by atoms with E-state index in [1.807, 2.05) is 45.0 Å². The summed E-state index contributed by atoms with van der Waals surface area (Å²) in [5.41, 5.74) is 2.47. The summed E-state index contributed by atoms with van der Waals surface area (Å²) in [6, 6.07) is 13.5. The molecule has 0 aliphatic heterocycles. The van der Waals surface area contributed by atoms with Crippen molar-refractivity contribution in [2.45, 2.75) is 59.2 Å². The van der Waals surface area contributed by atoms with E-state index in [1.165, 1.54) is 4.31 Å². The third kappa shape index (κ3) is 8.02. The SMILES string of the molecule is Cc1ccccc1CN(C(=O)CCCN(c1ccc(Cl)cc1)S(C)(=O)=O)[C@@H](C)C(=O)NC(C)C. The number of halogens is 1. The van der Waals surface area contributed by atoms with E-state index < -0.39 is 16.1 Å². The summed E-state index contributed by atoms with van der Waals surface area (Å²) in [6.07, 6.45) is 1.54. The first-order valence-corrected chi connectivity index (χ1v) is 13.5. The molecule has 186 valence electrons. The van der Waals surface area contributed by atoms with Crippen molar-refractivity contribution in [2.75, 3.05) is 17.1 Å². The highest BCUT2D eigenvalue weighted by atomic mass is 35.5. The van der Waals surface area contributed by atoms with E-state index in [4.69, 9.17) is 11.6 Å². The lowest BCUT2D eigenvalue weighted by Gasteiger charge is -2.30. The topological polar surface area (TPSA) is 86.8 Å². The Bertz CT molecular complexity index is 1090. The van der Waals surface area contributed by atoms with Gasteiger partial charge in [0.1, 0.15) is 6.04 Å². The zero-order chi connectivity index (χ0) is 25.5. The first-order valence-electron chi connectivity index (χ1n) is 11.3. The predicted molar refractivity (Wildman–Crippen MR) is 137 cm³/mol. The molecule has 2 rings (SSSR count). The molecule has 0 saturated carbocycles. The van der Waals surface area contributed by atoms with Crippen LogP contribution in [0, 0.1) is 6.92 Å². The number of amides is 2. The predicted octanol–water partition coefficient (Wildman–Crippen LogP) is 4.14. The Labute approximate surface area is 208 Å². The monoisotopic (exact) mass is 507 g/mol. The Morgan fingerprint density at radius 1 is 1.03 bits per heavy atom. The van der Waals surface area contributed by atoms with Gasteiger partial charge in [-0.2, -0.15) is 0 Å². The zero-order valence-electron chi connectivity index (χ0n) is 20.4. The van der Waals surface area contributed by atoms with Gasteiger partial charge in [-0.1, -0.05) is 35.9 Å². The van der Waals surface area contributed by atoms with Crippen molar-refractivity contribution in [3.05, 3.63) is 64.7 Å². The van der Waals surface area contributed by atoms with Gasteiger partial charge < -0.3 is 10.2 Å². The number of nitrogens with one attached hydrogen (secondary N) is 1. The second kappa shape index (κ2) is 12.2. The fraction of sp³-hybridized carbons (Fsp3) is 0.440. The third-order valence-electron chi connectivity index (χ3n) is 5.47. The Balaban J connectivity index is 2.17. The van der Waals surface area contributed by atoms with Crippen molar-refractivity contribution in [3.8, 4) is 0 Å². The second-order valence-corrected chi connectivity index (χ2v) is 11.0. The molecule has 0 saturated heterocycles. The van der Waals surface area contributed by atoms with Crippen LogP contribution in [0.1, 0.15) is 44.7 Å². The van der Waals surface area contributed by atoms with Crippen LogP contribution in [0.25, 0.3) is 0 Å². The number of nitrogens with zero attached hydrogens (tertiary/aromatic N) is 2. The van der Waals surface area contributed by atoms with Crippen molar-refractivity contribution in [1.29, 1.82) is 0 Å². The van der Waals surface area contributed by atoms with E-state index >= 15 is 0 Å². The summed E-state index contributed by atoms with van der Waals surface area (Å²) < 4.78 is 26.0. The molecule has 34 heavy (non-hydrogen) atoms. The van der Waals surface area contributed by atoms with Crippen LogP contribution in [0.2, 0.25) is 5.02 Å². The van der Waals surface area contributed by atoms with Crippen molar-refractivity contribution in [2.24, 2.45) is 0 Å². The van der Waals surface area contributed by atoms with Gasteiger partial charge in [0, 0.05) is 30.6 Å². The maximum absolute atomic E-state index is 13.3. The normalized spacial score (nSPS) is 12.3. The minimum absolute atomic E-state index is 0.0481. The minimum atomic E-state index is -3.55. The summed E-state index contributed by atoms with van der Waals surface area (Å²) in [7, 11) is -3.55. The molecule has 0 unspecified atom stereocenters. The molecule has 1 atom stereocenters. The molecule has 7 nitrogen and oxygen atoms in total. The summed E-state index contributed by atoms with van der Waals surface area (Å²) >= 11 is 5.92. The molecule has 2 amide bonds. The van der Waals surface area contributed by atoms with E-state index in [2.05, 4.69) is 5.32 Å². The molecule has 1 N–H and O–H groups in total. The Morgan fingerprint density at radius 2 is 1.65 bits per heavy atom. The molecule has 0 heterocycles. The largest absolute Gasteiger partial charge is 0.352 e. The second-order valence-electron chi connectivity index (χ2n) is 8.70. The van der Waals surface area contributed by atoms with Crippen LogP contribution in [0.3, 0.4) is 0 Å². The number of hydrogen-bond acceptors (Lipinski definition) is 4. The van der Waals surface area contributed by atoms with Crippen molar-refractivity contribution in [3.63, 3.8) is 0 Å². The highest BCUT2D eigenvalue weighted by Gasteiger charge is 2.27. The number of sulfonamides is 1. The molecule has 0 fully saturated rings. The van der Waals surface area contributed by atoms with Gasteiger partial charge in [-0.25, -0.2) is 8.42 Å². The fourth-order valence-corrected chi connectivity index (χ4v) is 4.66. The molecule has 2 aromatic rings.